The first kappa shape index (κ1) is 14.8. The van der Waals surface area contributed by atoms with Crippen molar-refractivity contribution >= 4 is 23.3 Å². The van der Waals surface area contributed by atoms with Gasteiger partial charge in [0.1, 0.15) is 28.6 Å². The molecule has 0 aromatic carbocycles. The Morgan fingerprint density at radius 1 is 1.55 bits per heavy atom. The molecule has 0 saturated carbocycles. The van der Waals surface area contributed by atoms with E-state index in [1.165, 1.54) is 0 Å². The predicted octanol–water partition coefficient (Wildman–Crippen LogP) is 2.32. The average Bonchev–Trinajstić information content (AvgIpc) is 3.15. The van der Waals surface area contributed by atoms with Crippen molar-refractivity contribution in [1.82, 2.24) is 15.3 Å². The number of furan rings is 1. The van der Waals surface area contributed by atoms with Crippen LogP contribution in [0.3, 0.4) is 0 Å². The molecule has 1 fully saturated rings. The second kappa shape index (κ2) is 6.36. The molecule has 1 aliphatic heterocycles. The molecule has 0 aliphatic carbocycles. The summed E-state index contributed by atoms with van der Waals surface area (Å²) in [5.41, 5.74) is 0. The van der Waals surface area contributed by atoms with E-state index < -0.39 is 0 Å². The summed E-state index contributed by atoms with van der Waals surface area (Å²) >= 11 is 5.99. The van der Waals surface area contributed by atoms with Crippen LogP contribution in [0.5, 0.6) is 0 Å². The summed E-state index contributed by atoms with van der Waals surface area (Å²) in [5.74, 6) is 2.01. The van der Waals surface area contributed by atoms with Crippen LogP contribution in [0.15, 0.2) is 28.9 Å². The van der Waals surface area contributed by atoms with E-state index in [1.807, 2.05) is 11.0 Å². The highest BCUT2D eigenvalue weighted by Gasteiger charge is 2.31. The van der Waals surface area contributed by atoms with Crippen molar-refractivity contribution in [2.45, 2.75) is 32.4 Å². The van der Waals surface area contributed by atoms with Gasteiger partial charge in [-0.05, 0) is 31.9 Å². The molecule has 1 aliphatic rings. The van der Waals surface area contributed by atoms with Gasteiger partial charge in [-0.2, -0.15) is 0 Å². The van der Waals surface area contributed by atoms with Crippen molar-refractivity contribution in [2.24, 2.45) is 0 Å². The lowest BCUT2D eigenvalue weighted by atomic mass is 10.2. The maximum Gasteiger partial charge on any atom is 0.243 e. The maximum atomic E-state index is 12.4. The molecule has 1 saturated heterocycles. The normalized spacial score (nSPS) is 17.7. The van der Waals surface area contributed by atoms with E-state index >= 15 is 0 Å². The zero-order chi connectivity index (χ0) is 15.5. The largest absolute Gasteiger partial charge is 0.467 e. The highest BCUT2D eigenvalue weighted by molar-refractivity contribution is 6.29. The SMILES string of the molecule is Cc1nc(Cl)cc(N2CCC[C@H]2C(=O)NCc2ccco2)n1. The lowest BCUT2D eigenvalue weighted by Gasteiger charge is -2.25. The number of nitrogens with one attached hydrogen (secondary N) is 1. The standard InChI is InChI=1S/C15H17ClN4O2/c1-10-18-13(16)8-14(19-10)20-6-2-5-12(20)15(21)17-9-11-4-3-7-22-11/h3-4,7-8,12H,2,5-6,9H2,1H3,(H,17,21)/t12-/m0/s1. The van der Waals surface area contributed by atoms with Crippen LogP contribution >= 0.6 is 11.6 Å². The number of carbonyl (C=O) groups is 1. The molecule has 0 bridgehead atoms. The second-order valence-electron chi connectivity index (χ2n) is 5.24. The van der Waals surface area contributed by atoms with Crippen molar-refractivity contribution in [2.75, 3.05) is 11.4 Å². The first-order chi connectivity index (χ1) is 10.6. The summed E-state index contributed by atoms with van der Waals surface area (Å²) in [6.07, 6.45) is 3.33. The van der Waals surface area contributed by atoms with Gasteiger partial charge >= 0.3 is 0 Å². The molecular formula is C15H17ClN4O2. The molecular weight excluding hydrogens is 304 g/mol. The van der Waals surface area contributed by atoms with E-state index in [2.05, 4.69) is 15.3 Å². The molecule has 0 unspecified atom stereocenters. The zero-order valence-corrected chi connectivity index (χ0v) is 13.0. The van der Waals surface area contributed by atoms with E-state index in [4.69, 9.17) is 16.0 Å². The molecule has 0 radical (unpaired) electrons. The highest BCUT2D eigenvalue weighted by Crippen LogP contribution is 2.25. The molecule has 6 nitrogen and oxygen atoms in total. The number of halogens is 1. The zero-order valence-electron chi connectivity index (χ0n) is 12.3. The van der Waals surface area contributed by atoms with Gasteiger partial charge in [-0.3, -0.25) is 4.79 Å². The summed E-state index contributed by atoms with van der Waals surface area (Å²) in [6.45, 7) is 2.96. The number of aromatic nitrogens is 2. The molecule has 0 spiro atoms. The minimum Gasteiger partial charge on any atom is -0.467 e. The maximum absolute atomic E-state index is 12.4. The number of nitrogens with zero attached hydrogens (tertiary/aromatic N) is 3. The molecule has 22 heavy (non-hydrogen) atoms. The van der Waals surface area contributed by atoms with Crippen LogP contribution in [-0.4, -0.2) is 28.5 Å². The van der Waals surface area contributed by atoms with Crippen LogP contribution < -0.4 is 10.2 Å². The van der Waals surface area contributed by atoms with Crippen molar-refractivity contribution in [3.63, 3.8) is 0 Å². The number of amides is 1. The van der Waals surface area contributed by atoms with Crippen molar-refractivity contribution in [1.29, 1.82) is 0 Å². The summed E-state index contributed by atoms with van der Waals surface area (Å²) in [4.78, 5) is 22.9. The van der Waals surface area contributed by atoms with Gasteiger partial charge in [-0.25, -0.2) is 9.97 Å². The van der Waals surface area contributed by atoms with Crippen LogP contribution in [0.1, 0.15) is 24.4 Å². The Kier molecular flexibility index (Phi) is 4.29. The fourth-order valence-corrected chi connectivity index (χ4v) is 2.90. The van der Waals surface area contributed by atoms with Gasteiger partial charge in [0.05, 0.1) is 12.8 Å². The van der Waals surface area contributed by atoms with E-state index in [0.29, 0.717) is 23.3 Å². The summed E-state index contributed by atoms with van der Waals surface area (Å²) in [6, 6.07) is 5.10. The van der Waals surface area contributed by atoms with E-state index in [1.54, 1.807) is 25.3 Å². The Balaban J connectivity index is 1.70. The van der Waals surface area contributed by atoms with Gasteiger partial charge in [0.2, 0.25) is 5.91 Å². The Morgan fingerprint density at radius 3 is 3.14 bits per heavy atom. The molecule has 116 valence electrons. The Hall–Kier alpha value is -2.08. The van der Waals surface area contributed by atoms with Crippen LogP contribution in [-0.2, 0) is 11.3 Å². The fourth-order valence-electron chi connectivity index (χ4n) is 2.68. The van der Waals surface area contributed by atoms with Gasteiger partial charge in [0.15, 0.2) is 0 Å². The molecule has 1 N–H and O–H groups in total. The number of hydrogen-bond acceptors (Lipinski definition) is 5. The third-order valence-electron chi connectivity index (χ3n) is 3.66. The van der Waals surface area contributed by atoms with Crippen LogP contribution in [0, 0.1) is 6.92 Å². The number of aryl methyl sites for hydroxylation is 1. The highest BCUT2D eigenvalue weighted by atomic mass is 35.5. The fraction of sp³-hybridized carbons (Fsp3) is 0.400. The lowest BCUT2D eigenvalue weighted by Crippen LogP contribution is -2.43. The molecule has 3 heterocycles. The smallest absolute Gasteiger partial charge is 0.243 e. The van der Waals surface area contributed by atoms with Crippen molar-refractivity contribution in [3.05, 3.63) is 41.2 Å². The van der Waals surface area contributed by atoms with Crippen LogP contribution in [0.25, 0.3) is 0 Å². The first-order valence-corrected chi connectivity index (χ1v) is 7.59. The number of hydrogen-bond donors (Lipinski definition) is 1. The Bertz CT molecular complexity index is 639. The monoisotopic (exact) mass is 320 g/mol. The number of rotatable bonds is 4. The third-order valence-corrected chi connectivity index (χ3v) is 3.85. The van der Waals surface area contributed by atoms with E-state index in [-0.39, 0.29) is 11.9 Å². The van der Waals surface area contributed by atoms with Gasteiger partial charge in [0, 0.05) is 12.6 Å². The number of carbonyl (C=O) groups excluding carboxylic acids is 1. The van der Waals surface area contributed by atoms with E-state index in [9.17, 15) is 4.79 Å². The molecule has 1 amide bonds. The first-order valence-electron chi connectivity index (χ1n) is 7.21. The van der Waals surface area contributed by atoms with Gasteiger partial charge < -0.3 is 14.6 Å². The Morgan fingerprint density at radius 2 is 2.41 bits per heavy atom. The third kappa shape index (κ3) is 3.22. The average molecular weight is 321 g/mol. The minimum atomic E-state index is -0.236. The summed E-state index contributed by atoms with van der Waals surface area (Å²) in [5, 5.41) is 3.30. The topological polar surface area (TPSA) is 71.3 Å². The molecule has 7 heteroatoms. The van der Waals surface area contributed by atoms with Gasteiger partial charge in [-0.15, -0.1) is 0 Å². The van der Waals surface area contributed by atoms with Gasteiger partial charge in [0.25, 0.3) is 0 Å². The minimum absolute atomic E-state index is 0.0266. The van der Waals surface area contributed by atoms with Crippen molar-refractivity contribution in [3.8, 4) is 0 Å². The predicted molar refractivity (Wildman–Crippen MR) is 82.7 cm³/mol. The van der Waals surface area contributed by atoms with Crippen LogP contribution in [0.2, 0.25) is 5.15 Å². The van der Waals surface area contributed by atoms with Crippen LogP contribution in [0.4, 0.5) is 5.82 Å². The summed E-state index contributed by atoms with van der Waals surface area (Å²) in [7, 11) is 0. The molecule has 2 aromatic heterocycles. The quantitative estimate of drug-likeness (QED) is 0.875. The number of anilines is 1. The molecule has 2 aromatic rings. The summed E-state index contributed by atoms with van der Waals surface area (Å²) < 4.78 is 5.22. The molecule has 3 rings (SSSR count). The molecule has 1 atom stereocenters. The second-order valence-corrected chi connectivity index (χ2v) is 5.63. The van der Waals surface area contributed by atoms with E-state index in [0.717, 1.165) is 25.1 Å². The Labute approximate surface area is 133 Å². The van der Waals surface area contributed by atoms with Gasteiger partial charge in [-0.1, -0.05) is 11.6 Å². The lowest BCUT2D eigenvalue weighted by molar-refractivity contribution is -0.122. The van der Waals surface area contributed by atoms with Crippen molar-refractivity contribution < 1.29 is 9.21 Å².